The maximum absolute atomic E-state index is 12.7. The van der Waals surface area contributed by atoms with Crippen LogP contribution in [-0.2, 0) is 6.54 Å². The fourth-order valence-corrected chi connectivity index (χ4v) is 3.33. The lowest BCUT2D eigenvalue weighted by Crippen LogP contribution is -2.27. The molecule has 1 aromatic rings. The van der Waals surface area contributed by atoms with Crippen LogP contribution >= 0.6 is 15.9 Å². The SMILES string of the molecule is CCCn1ncc(Br)c1C(=O)C1CCC(CN)CC1. The Labute approximate surface area is 122 Å². The molecule has 19 heavy (non-hydrogen) atoms. The summed E-state index contributed by atoms with van der Waals surface area (Å²) in [6.07, 6.45) is 6.79. The van der Waals surface area contributed by atoms with Gasteiger partial charge in [0.15, 0.2) is 5.78 Å². The highest BCUT2D eigenvalue weighted by molar-refractivity contribution is 9.10. The third-order valence-corrected chi connectivity index (χ3v) is 4.59. The molecule has 0 amide bonds. The van der Waals surface area contributed by atoms with Crippen molar-refractivity contribution in [2.45, 2.75) is 45.6 Å². The molecule has 2 N–H and O–H groups in total. The Morgan fingerprint density at radius 1 is 1.47 bits per heavy atom. The number of Topliss-reactive ketones (excluding diaryl/α,β-unsaturated/α-hetero) is 1. The molecule has 1 aliphatic rings. The first-order chi connectivity index (χ1) is 9.17. The maximum atomic E-state index is 12.7. The summed E-state index contributed by atoms with van der Waals surface area (Å²) in [5, 5.41) is 4.28. The number of nitrogens with zero attached hydrogens (tertiary/aromatic N) is 2. The molecule has 106 valence electrons. The van der Waals surface area contributed by atoms with Crippen molar-refractivity contribution in [3.05, 3.63) is 16.4 Å². The van der Waals surface area contributed by atoms with Crippen molar-refractivity contribution in [3.63, 3.8) is 0 Å². The summed E-state index contributed by atoms with van der Waals surface area (Å²) in [6, 6.07) is 0. The van der Waals surface area contributed by atoms with Crippen LogP contribution in [0.15, 0.2) is 10.7 Å². The molecule has 1 fully saturated rings. The fraction of sp³-hybridized carbons (Fsp3) is 0.714. The summed E-state index contributed by atoms with van der Waals surface area (Å²) in [5.74, 6) is 0.993. The van der Waals surface area contributed by atoms with Crippen LogP contribution in [0.5, 0.6) is 0 Å². The van der Waals surface area contributed by atoms with Gasteiger partial charge in [0, 0.05) is 12.5 Å². The summed E-state index contributed by atoms with van der Waals surface area (Å²) in [5.41, 5.74) is 6.45. The fourth-order valence-electron chi connectivity index (χ4n) is 2.84. The molecule has 1 aliphatic carbocycles. The Morgan fingerprint density at radius 2 is 2.16 bits per heavy atom. The molecular formula is C14H22BrN3O. The van der Waals surface area contributed by atoms with Crippen molar-refractivity contribution >= 4 is 21.7 Å². The van der Waals surface area contributed by atoms with E-state index in [9.17, 15) is 4.79 Å². The second-order valence-electron chi connectivity index (χ2n) is 5.38. The lowest BCUT2D eigenvalue weighted by molar-refractivity contribution is 0.0861. The molecule has 0 radical (unpaired) electrons. The highest BCUT2D eigenvalue weighted by Gasteiger charge is 2.29. The number of nitrogens with two attached hydrogens (primary N) is 1. The predicted octanol–water partition coefficient (Wildman–Crippen LogP) is 3.00. The molecule has 0 aromatic carbocycles. The van der Waals surface area contributed by atoms with Crippen molar-refractivity contribution in [3.8, 4) is 0 Å². The molecule has 1 aromatic heterocycles. The second-order valence-corrected chi connectivity index (χ2v) is 6.24. The van der Waals surface area contributed by atoms with Crippen molar-refractivity contribution in [1.29, 1.82) is 0 Å². The monoisotopic (exact) mass is 327 g/mol. The number of hydrogen-bond donors (Lipinski definition) is 1. The highest BCUT2D eigenvalue weighted by atomic mass is 79.9. The van der Waals surface area contributed by atoms with Crippen LogP contribution in [0.2, 0.25) is 0 Å². The molecule has 0 spiro atoms. The number of aryl methyl sites for hydroxylation is 1. The zero-order valence-electron chi connectivity index (χ0n) is 11.4. The van der Waals surface area contributed by atoms with Gasteiger partial charge in [-0.2, -0.15) is 5.10 Å². The average Bonchev–Trinajstić information content (AvgIpc) is 2.80. The molecule has 2 rings (SSSR count). The van der Waals surface area contributed by atoms with Crippen LogP contribution in [0.3, 0.4) is 0 Å². The molecule has 1 heterocycles. The zero-order valence-corrected chi connectivity index (χ0v) is 13.0. The summed E-state index contributed by atoms with van der Waals surface area (Å²) in [6.45, 7) is 3.64. The summed E-state index contributed by atoms with van der Waals surface area (Å²) >= 11 is 3.46. The number of carbonyl (C=O) groups is 1. The van der Waals surface area contributed by atoms with Crippen molar-refractivity contribution < 1.29 is 4.79 Å². The minimum atomic E-state index is 0.145. The maximum Gasteiger partial charge on any atom is 0.185 e. The molecular weight excluding hydrogens is 306 g/mol. The van der Waals surface area contributed by atoms with Gasteiger partial charge in [0.05, 0.1) is 10.7 Å². The summed E-state index contributed by atoms with van der Waals surface area (Å²) in [4.78, 5) is 12.7. The van der Waals surface area contributed by atoms with Gasteiger partial charge in [-0.05, 0) is 60.5 Å². The standard InChI is InChI=1S/C14H22BrN3O/c1-2-7-18-13(12(15)9-17-18)14(19)11-5-3-10(8-16)4-6-11/h9-11H,2-8,16H2,1H3. The molecule has 1 saturated carbocycles. The van der Waals surface area contributed by atoms with Crippen molar-refractivity contribution in [2.75, 3.05) is 6.54 Å². The zero-order chi connectivity index (χ0) is 13.8. The van der Waals surface area contributed by atoms with Gasteiger partial charge in [0.25, 0.3) is 0 Å². The van der Waals surface area contributed by atoms with Crippen LogP contribution in [0.25, 0.3) is 0 Å². The van der Waals surface area contributed by atoms with Gasteiger partial charge in [-0.15, -0.1) is 0 Å². The molecule has 4 nitrogen and oxygen atoms in total. The van der Waals surface area contributed by atoms with E-state index in [-0.39, 0.29) is 11.7 Å². The Morgan fingerprint density at radius 3 is 2.74 bits per heavy atom. The molecule has 0 unspecified atom stereocenters. The van der Waals surface area contributed by atoms with Crippen LogP contribution in [0.4, 0.5) is 0 Å². The molecule has 0 atom stereocenters. The van der Waals surface area contributed by atoms with E-state index >= 15 is 0 Å². The third kappa shape index (κ3) is 3.26. The van der Waals surface area contributed by atoms with Gasteiger partial charge in [-0.25, -0.2) is 0 Å². The van der Waals surface area contributed by atoms with Gasteiger partial charge in [-0.3, -0.25) is 9.48 Å². The average molecular weight is 328 g/mol. The predicted molar refractivity (Wildman–Crippen MR) is 79.1 cm³/mol. The van der Waals surface area contributed by atoms with E-state index in [1.807, 2.05) is 4.68 Å². The number of rotatable bonds is 5. The van der Waals surface area contributed by atoms with Crippen LogP contribution in [0, 0.1) is 11.8 Å². The molecule has 5 heteroatoms. The largest absolute Gasteiger partial charge is 0.330 e. The summed E-state index contributed by atoms with van der Waals surface area (Å²) < 4.78 is 2.66. The van der Waals surface area contributed by atoms with E-state index in [0.29, 0.717) is 5.92 Å². The van der Waals surface area contributed by atoms with Crippen molar-refractivity contribution in [2.24, 2.45) is 17.6 Å². The van der Waals surface area contributed by atoms with E-state index in [1.165, 1.54) is 0 Å². The summed E-state index contributed by atoms with van der Waals surface area (Å²) in [7, 11) is 0. The van der Waals surface area contributed by atoms with Crippen LogP contribution < -0.4 is 5.73 Å². The smallest absolute Gasteiger partial charge is 0.185 e. The topological polar surface area (TPSA) is 60.9 Å². The van der Waals surface area contributed by atoms with Crippen molar-refractivity contribution in [1.82, 2.24) is 9.78 Å². The number of carbonyl (C=O) groups excluding carboxylic acids is 1. The first-order valence-electron chi connectivity index (χ1n) is 7.13. The minimum Gasteiger partial charge on any atom is -0.330 e. The Balaban J connectivity index is 2.09. The molecule has 0 bridgehead atoms. The van der Waals surface area contributed by atoms with E-state index < -0.39 is 0 Å². The number of hydrogen-bond acceptors (Lipinski definition) is 3. The van der Waals surface area contributed by atoms with Crippen LogP contribution in [0.1, 0.15) is 49.5 Å². The van der Waals surface area contributed by atoms with E-state index in [0.717, 1.165) is 55.4 Å². The number of halogens is 1. The van der Waals surface area contributed by atoms with Gasteiger partial charge < -0.3 is 5.73 Å². The van der Waals surface area contributed by atoms with Gasteiger partial charge in [-0.1, -0.05) is 6.92 Å². The van der Waals surface area contributed by atoms with E-state index in [4.69, 9.17) is 5.73 Å². The molecule has 0 saturated heterocycles. The highest BCUT2D eigenvalue weighted by Crippen LogP contribution is 2.32. The third-order valence-electron chi connectivity index (χ3n) is 4.01. The van der Waals surface area contributed by atoms with E-state index in [1.54, 1.807) is 6.20 Å². The molecule has 0 aliphatic heterocycles. The number of aromatic nitrogens is 2. The lowest BCUT2D eigenvalue weighted by Gasteiger charge is -2.26. The minimum absolute atomic E-state index is 0.145. The Bertz CT molecular complexity index is 436. The quantitative estimate of drug-likeness (QED) is 0.845. The normalized spacial score (nSPS) is 23.5. The van der Waals surface area contributed by atoms with E-state index in [2.05, 4.69) is 28.0 Å². The lowest BCUT2D eigenvalue weighted by atomic mass is 9.79. The Hall–Kier alpha value is -0.680. The first kappa shape index (κ1) is 14.7. The van der Waals surface area contributed by atoms with Gasteiger partial charge in [0.2, 0.25) is 0 Å². The Kier molecular flexibility index (Phi) is 5.16. The van der Waals surface area contributed by atoms with Gasteiger partial charge >= 0.3 is 0 Å². The number of ketones is 1. The van der Waals surface area contributed by atoms with Gasteiger partial charge in [0.1, 0.15) is 5.69 Å². The second kappa shape index (κ2) is 6.66. The first-order valence-corrected chi connectivity index (χ1v) is 7.92. The van der Waals surface area contributed by atoms with Crippen LogP contribution in [-0.4, -0.2) is 22.1 Å².